The Kier molecular flexibility index (Phi) is 6.37. The highest BCUT2D eigenvalue weighted by Gasteiger charge is 2.28. The van der Waals surface area contributed by atoms with Crippen molar-refractivity contribution >= 4 is 33.8 Å². The summed E-state index contributed by atoms with van der Waals surface area (Å²) in [5.41, 5.74) is 1.38. The van der Waals surface area contributed by atoms with Crippen LogP contribution in [0, 0.1) is 0 Å². The summed E-state index contributed by atoms with van der Waals surface area (Å²) in [6.45, 7) is 0. The van der Waals surface area contributed by atoms with Crippen molar-refractivity contribution in [2.75, 3.05) is 21.3 Å². The predicted molar refractivity (Wildman–Crippen MR) is 125 cm³/mol. The van der Waals surface area contributed by atoms with Crippen molar-refractivity contribution in [2.24, 2.45) is 0 Å². The van der Waals surface area contributed by atoms with Crippen LogP contribution in [0.2, 0.25) is 0 Å². The molecule has 1 heterocycles. The van der Waals surface area contributed by atoms with Crippen LogP contribution in [-0.4, -0.2) is 33.1 Å². The second kappa shape index (κ2) is 9.38. The normalized spacial score (nSPS) is 13.3. The van der Waals surface area contributed by atoms with Crippen LogP contribution in [0.15, 0.2) is 64.8 Å². The van der Waals surface area contributed by atoms with E-state index in [0.717, 1.165) is 0 Å². The van der Waals surface area contributed by atoms with Crippen LogP contribution in [0.3, 0.4) is 0 Å². The Morgan fingerprint density at radius 2 is 1.64 bits per heavy atom. The van der Waals surface area contributed by atoms with Crippen LogP contribution in [0.4, 0.5) is 0 Å². The molecule has 168 valence electrons. The van der Waals surface area contributed by atoms with E-state index in [1.165, 1.54) is 27.4 Å². The maximum Gasteiger partial charge on any atom is 0.344 e. The molecule has 0 spiro atoms. The number of rotatable bonds is 6. The molecule has 0 saturated carbocycles. The minimum atomic E-state index is -0.528. The summed E-state index contributed by atoms with van der Waals surface area (Å²) < 4.78 is 27.9. The van der Waals surface area contributed by atoms with Gasteiger partial charge in [0.15, 0.2) is 17.3 Å². The summed E-state index contributed by atoms with van der Waals surface area (Å²) in [4.78, 5) is 25.3. The minimum Gasteiger partial charge on any atom is -0.493 e. The van der Waals surface area contributed by atoms with Crippen molar-refractivity contribution in [2.45, 2.75) is 0 Å². The lowest BCUT2D eigenvalue weighted by Crippen LogP contribution is -2.09. The number of ketones is 1. The molecule has 8 heteroatoms. The topological polar surface area (TPSA) is 80.3 Å². The Morgan fingerprint density at radius 3 is 2.27 bits per heavy atom. The molecule has 0 fully saturated rings. The molecule has 1 aliphatic heterocycles. The Labute approximate surface area is 198 Å². The van der Waals surface area contributed by atoms with Crippen molar-refractivity contribution in [3.63, 3.8) is 0 Å². The van der Waals surface area contributed by atoms with Gasteiger partial charge in [0.2, 0.25) is 11.5 Å². The quantitative estimate of drug-likeness (QED) is 0.252. The molecule has 0 amide bonds. The van der Waals surface area contributed by atoms with Crippen molar-refractivity contribution in [3.8, 4) is 28.7 Å². The molecule has 1 aliphatic rings. The summed E-state index contributed by atoms with van der Waals surface area (Å²) >= 11 is 3.33. The molecule has 0 N–H and O–H groups in total. The molecule has 3 aromatic rings. The van der Waals surface area contributed by atoms with Gasteiger partial charge in [0.05, 0.1) is 32.5 Å². The number of methoxy groups -OCH3 is 3. The average Bonchev–Trinajstić information content (AvgIpc) is 3.12. The first kappa shape index (κ1) is 22.4. The Hall–Kier alpha value is -3.78. The van der Waals surface area contributed by atoms with E-state index in [1.54, 1.807) is 54.6 Å². The number of hydrogen-bond donors (Lipinski definition) is 0. The number of carbonyl (C=O) groups is 2. The van der Waals surface area contributed by atoms with Crippen molar-refractivity contribution in [1.82, 2.24) is 0 Å². The van der Waals surface area contributed by atoms with Gasteiger partial charge < -0.3 is 23.7 Å². The summed E-state index contributed by atoms with van der Waals surface area (Å²) in [5.74, 6) is 1.21. The van der Waals surface area contributed by atoms with Gasteiger partial charge in [-0.25, -0.2) is 4.79 Å². The highest BCUT2D eigenvalue weighted by Crippen LogP contribution is 2.40. The first-order valence-electron chi connectivity index (χ1n) is 9.80. The molecule has 0 unspecified atom stereocenters. The number of Topliss-reactive ketones (excluding diaryl/α,β-unsaturated/α-hetero) is 1. The van der Waals surface area contributed by atoms with Gasteiger partial charge in [-0.05, 0) is 64.0 Å². The lowest BCUT2D eigenvalue weighted by Gasteiger charge is -2.13. The van der Waals surface area contributed by atoms with Crippen LogP contribution >= 0.6 is 15.9 Å². The smallest absolute Gasteiger partial charge is 0.344 e. The lowest BCUT2D eigenvalue weighted by atomic mass is 10.1. The lowest BCUT2D eigenvalue weighted by molar-refractivity contribution is 0.0733. The van der Waals surface area contributed by atoms with Crippen LogP contribution in [0.25, 0.3) is 6.08 Å². The zero-order valence-corrected chi connectivity index (χ0v) is 19.6. The van der Waals surface area contributed by atoms with E-state index in [4.69, 9.17) is 23.7 Å². The van der Waals surface area contributed by atoms with E-state index in [0.29, 0.717) is 44.2 Å². The van der Waals surface area contributed by atoms with Crippen molar-refractivity contribution < 1.29 is 33.3 Å². The number of fused-ring (bicyclic) bond motifs is 1. The summed E-state index contributed by atoms with van der Waals surface area (Å²) in [6.07, 6.45) is 1.58. The third-order valence-corrected chi connectivity index (χ3v) is 5.62. The first-order valence-corrected chi connectivity index (χ1v) is 10.6. The summed E-state index contributed by atoms with van der Waals surface area (Å²) in [7, 11) is 4.54. The van der Waals surface area contributed by atoms with E-state index < -0.39 is 5.97 Å². The zero-order valence-electron chi connectivity index (χ0n) is 18.0. The molecule has 0 bridgehead atoms. The third-order valence-electron chi connectivity index (χ3n) is 4.93. The second-order valence-electron chi connectivity index (χ2n) is 6.93. The van der Waals surface area contributed by atoms with Crippen LogP contribution in [0.5, 0.6) is 28.7 Å². The van der Waals surface area contributed by atoms with Gasteiger partial charge in [-0.15, -0.1) is 0 Å². The van der Waals surface area contributed by atoms with E-state index in [-0.39, 0.29) is 17.3 Å². The summed E-state index contributed by atoms with van der Waals surface area (Å²) in [5, 5.41) is 0. The molecular formula is C25H19BrO7. The largest absolute Gasteiger partial charge is 0.493 e. The first-order chi connectivity index (χ1) is 15.9. The van der Waals surface area contributed by atoms with Crippen LogP contribution in [-0.2, 0) is 0 Å². The van der Waals surface area contributed by atoms with Crippen LogP contribution < -0.4 is 23.7 Å². The molecule has 7 nitrogen and oxygen atoms in total. The van der Waals surface area contributed by atoms with Crippen molar-refractivity contribution in [3.05, 3.63) is 81.5 Å². The fourth-order valence-corrected chi connectivity index (χ4v) is 3.80. The zero-order chi connectivity index (χ0) is 23.5. The maximum atomic E-state index is 12.8. The van der Waals surface area contributed by atoms with E-state index in [2.05, 4.69) is 15.9 Å². The number of benzene rings is 3. The number of halogens is 1. The number of ether oxygens (including phenoxy) is 5. The predicted octanol–water partition coefficient (Wildman–Crippen LogP) is 5.31. The maximum absolute atomic E-state index is 12.8. The molecule has 33 heavy (non-hydrogen) atoms. The van der Waals surface area contributed by atoms with Gasteiger partial charge in [-0.3, -0.25) is 4.79 Å². The molecule has 0 saturated heterocycles. The van der Waals surface area contributed by atoms with E-state index in [9.17, 15) is 9.59 Å². The monoisotopic (exact) mass is 510 g/mol. The number of carbonyl (C=O) groups excluding carboxylic acids is 2. The Morgan fingerprint density at radius 1 is 0.939 bits per heavy atom. The molecule has 0 aromatic heterocycles. The van der Waals surface area contributed by atoms with Gasteiger partial charge in [0.1, 0.15) is 11.5 Å². The molecule has 4 rings (SSSR count). The fourth-order valence-electron chi connectivity index (χ4n) is 3.36. The average molecular weight is 511 g/mol. The van der Waals surface area contributed by atoms with Crippen molar-refractivity contribution in [1.29, 1.82) is 0 Å². The molecule has 0 atom stereocenters. The van der Waals surface area contributed by atoms with Gasteiger partial charge in [-0.1, -0.05) is 12.1 Å². The SMILES string of the molecule is COc1cc(C=C2Oc3cc(OC(=O)c4ccccc4Br)ccc3C2=O)cc(OC)c1OC. The van der Waals surface area contributed by atoms with Crippen LogP contribution in [0.1, 0.15) is 26.3 Å². The molecule has 0 radical (unpaired) electrons. The number of allylic oxidation sites excluding steroid dienone is 1. The van der Waals surface area contributed by atoms with E-state index >= 15 is 0 Å². The van der Waals surface area contributed by atoms with Gasteiger partial charge in [-0.2, -0.15) is 0 Å². The van der Waals surface area contributed by atoms with E-state index in [1.807, 2.05) is 0 Å². The fraction of sp³-hybridized carbons (Fsp3) is 0.120. The van der Waals surface area contributed by atoms with Gasteiger partial charge in [0.25, 0.3) is 0 Å². The Bertz CT molecular complexity index is 1250. The second-order valence-corrected chi connectivity index (χ2v) is 7.78. The summed E-state index contributed by atoms with van der Waals surface area (Å²) in [6, 6.07) is 15.0. The highest BCUT2D eigenvalue weighted by molar-refractivity contribution is 9.10. The highest BCUT2D eigenvalue weighted by atomic mass is 79.9. The third kappa shape index (κ3) is 4.42. The molecule has 0 aliphatic carbocycles. The number of esters is 1. The minimum absolute atomic E-state index is 0.119. The van der Waals surface area contributed by atoms with Gasteiger partial charge in [0, 0.05) is 10.5 Å². The van der Waals surface area contributed by atoms with Gasteiger partial charge >= 0.3 is 5.97 Å². The molecular weight excluding hydrogens is 492 g/mol. The molecule has 3 aromatic carbocycles. The number of hydrogen-bond acceptors (Lipinski definition) is 7. The standard InChI is InChI=1S/C25H19BrO7/c1-29-21-11-14(12-22(30-2)24(21)31-3)10-20-23(27)17-9-8-15(13-19(17)33-20)32-25(28)16-6-4-5-7-18(16)26/h4-13H,1-3H3. The Balaban J connectivity index is 1.60.